The Hall–Kier alpha value is -2.31. The molecule has 0 aliphatic rings. The number of nitrogens with two attached hydrogens (primary N) is 1. The van der Waals surface area contributed by atoms with E-state index in [4.69, 9.17) is 17.3 Å². The zero-order valence-electron chi connectivity index (χ0n) is 13.6. The van der Waals surface area contributed by atoms with Gasteiger partial charge >= 0.3 is 0 Å². The zero-order valence-corrected chi connectivity index (χ0v) is 15.2. The molecule has 128 valence electrons. The first-order chi connectivity index (χ1) is 12.0. The van der Waals surface area contributed by atoms with E-state index in [1.807, 2.05) is 54.0 Å². The molecule has 0 saturated heterocycles. The summed E-state index contributed by atoms with van der Waals surface area (Å²) in [5.41, 5.74) is 8.26. The van der Waals surface area contributed by atoms with Crippen molar-refractivity contribution >= 4 is 29.3 Å². The third kappa shape index (κ3) is 4.21. The van der Waals surface area contributed by atoms with Gasteiger partial charge in [0.25, 0.3) is 0 Å². The Labute approximate surface area is 155 Å². The summed E-state index contributed by atoms with van der Waals surface area (Å²) in [6.07, 6.45) is 0.290. The van der Waals surface area contributed by atoms with Gasteiger partial charge in [-0.2, -0.15) is 0 Å². The average molecular weight is 373 g/mol. The van der Waals surface area contributed by atoms with Crippen molar-refractivity contribution in [2.45, 2.75) is 18.5 Å². The van der Waals surface area contributed by atoms with Crippen LogP contribution in [0.2, 0.25) is 5.02 Å². The summed E-state index contributed by atoms with van der Waals surface area (Å²) < 4.78 is 1.97. The summed E-state index contributed by atoms with van der Waals surface area (Å²) >= 11 is 7.46. The second-order valence-corrected chi connectivity index (χ2v) is 7.05. The molecule has 1 aromatic heterocycles. The van der Waals surface area contributed by atoms with Gasteiger partial charge in [-0.15, -0.1) is 10.2 Å². The van der Waals surface area contributed by atoms with Crippen LogP contribution in [0.3, 0.4) is 0 Å². The Morgan fingerprint density at radius 3 is 2.64 bits per heavy atom. The number of aryl methyl sites for hydroxylation is 1. The van der Waals surface area contributed by atoms with Gasteiger partial charge in [-0.3, -0.25) is 9.36 Å². The van der Waals surface area contributed by atoms with E-state index in [0.29, 0.717) is 15.9 Å². The first kappa shape index (κ1) is 17.5. The van der Waals surface area contributed by atoms with Gasteiger partial charge < -0.3 is 5.73 Å². The molecule has 0 unspecified atom stereocenters. The molecule has 7 heteroatoms. The molecular weight excluding hydrogens is 356 g/mol. The fourth-order valence-corrected chi connectivity index (χ4v) is 3.43. The number of halogens is 1. The van der Waals surface area contributed by atoms with E-state index in [9.17, 15) is 4.79 Å². The van der Waals surface area contributed by atoms with E-state index in [-0.39, 0.29) is 12.3 Å². The molecule has 0 bridgehead atoms. The summed E-state index contributed by atoms with van der Waals surface area (Å²) in [5, 5.41) is 10.0. The molecule has 0 aliphatic heterocycles. The Kier molecular flexibility index (Phi) is 5.40. The van der Waals surface area contributed by atoms with Crippen molar-refractivity contribution in [2.24, 2.45) is 5.73 Å². The van der Waals surface area contributed by atoms with Crippen molar-refractivity contribution in [3.05, 3.63) is 59.1 Å². The highest BCUT2D eigenvalue weighted by molar-refractivity contribution is 7.99. The highest BCUT2D eigenvalue weighted by atomic mass is 35.5. The van der Waals surface area contributed by atoms with Crippen LogP contribution in [0.1, 0.15) is 12.0 Å². The van der Waals surface area contributed by atoms with Crippen molar-refractivity contribution in [1.82, 2.24) is 14.8 Å². The molecule has 3 rings (SSSR count). The largest absolute Gasteiger partial charge is 0.370 e. The number of thioether (sulfide) groups is 1. The number of primary amides is 1. The van der Waals surface area contributed by atoms with Crippen LogP contribution < -0.4 is 5.73 Å². The summed E-state index contributed by atoms with van der Waals surface area (Å²) in [5.74, 6) is 0.964. The third-order valence-electron chi connectivity index (χ3n) is 3.57. The summed E-state index contributed by atoms with van der Waals surface area (Å²) in [7, 11) is 0. The molecular formula is C18H17ClN4OS. The fourth-order valence-electron chi connectivity index (χ4n) is 2.40. The monoisotopic (exact) mass is 372 g/mol. The molecule has 3 aromatic rings. The minimum absolute atomic E-state index is 0.290. The standard InChI is InChI=1S/C18H17ClN4OS/c1-12-3-2-4-13(11-12)17-21-22-18(25-10-9-16(20)24)23(17)15-7-5-14(19)6-8-15/h2-8,11H,9-10H2,1H3,(H2,20,24). The SMILES string of the molecule is Cc1cccc(-c2nnc(SCCC(N)=O)n2-c2ccc(Cl)cc2)c1. The maximum atomic E-state index is 11.0. The number of aromatic nitrogens is 3. The number of carbonyl (C=O) groups is 1. The average Bonchev–Trinajstić information content (AvgIpc) is 2.99. The van der Waals surface area contributed by atoms with Crippen LogP contribution in [-0.2, 0) is 4.79 Å². The van der Waals surface area contributed by atoms with Gasteiger partial charge in [-0.25, -0.2) is 0 Å². The van der Waals surface area contributed by atoms with Crippen LogP contribution in [0.4, 0.5) is 0 Å². The predicted molar refractivity (Wildman–Crippen MR) is 101 cm³/mol. The highest BCUT2D eigenvalue weighted by Gasteiger charge is 2.16. The van der Waals surface area contributed by atoms with E-state index < -0.39 is 0 Å². The summed E-state index contributed by atoms with van der Waals surface area (Å²) in [4.78, 5) is 11.0. The van der Waals surface area contributed by atoms with Crippen LogP contribution in [0.25, 0.3) is 17.1 Å². The molecule has 1 amide bonds. The molecule has 2 N–H and O–H groups in total. The minimum atomic E-state index is -0.330. The lowest BCUT2D eigenvalue weighted by Gasteiger charge is -2.10. The lowest BCUT2D eigenvalue weighted by molar-refractivity contribution is -0.117. The van der Waals surface area contributed by atoms with Gasteiger partial charge in [-0.1, -0.05) is 47.1 Å². The van der Waals surface area contributed by atoms with Gasteiger partial charge in [0.05, 0.1) is 0 Å². The van der Waals surface area contributed by atoms with E-state index in [1.165, 1.54) is 11.8 Å². The third-order valence-corrected chi connectivity index (χ3v) is 4.76. The molecule has 5 nitrogen and oxygen atoms in total. The van der Waals surface area contributed by atoms with Crippen molar-refractivity contribution < 1.29 is 4.79 Å². The normalized spacial score (nSPS) is 10.8. The number of benzene rings is 2. The molecule has 0 spiro atoms. The van der Waals surface area contributed by atoms with Gasteiger partial charge in [0, 0.05) is 28.4 Å². The molecule has 0 saturated carbocycles. The Bertz CT molecular complexity index is 892. The van der Waals surface area contributed by atoms with Gasteiger partial charge in [0.1, 0.15) is 0 Å². The van der Waals surface area contributed by atoms with Gasteiger partial charge in [0.15, 0.2) is 11.0 Å². The summed E-state index contributed by atoms with van der Waals surface area (Å²) in [6.45, 7) is 2.04. The first-order valence-corrected chi connectivity index (χ1v) is 9.10. The number of carbonyl (C=O) groups excluding carboxylic acids is 1. The first-order valence-electron chi connectivity index (χ1n) is 7.74. The molecule has 0 aliphatic carbocycles. The number of rotatable bonds is 6. The van der Waals surface area contributed by atoms with Crippen LogP contribution >= 0.6 is 23.4 Å². The topological polar surface area (TPSA) is 73.8 Å². The van der Waals surface area contributed by atoms with Crippen LogP contribution in [-0.4, -0.2) is 26.4 Å². The highest BCUT2D eigenvalue weighted by Crippen LogP contribution is 2.29. The Morgan fingerprint density at radius 2 is 1.96 bits per heavy atom. The Balaban J connectivity index is 2.04. The second kappa shape index (κ2) is 7.72. The smallest absolute Gasteiger partial charge is 0.218 e. The maximum absolute atomic E-state index is 11.0. The number of amides is 1. The van der Waals surface area contributed by atoms with Crippen molar-refractivity contribution in [3.63, 3.8) is 0 Å². The quantitative estimate of drug-likeness (QED) is 0.666. The number of hydrogen-bond donors (Lipinski definition) is 1. The van der Waals surface area contributed by atoms with Crippen molar-refractivity contribution in [1.29, 1.82) is 0 Å². The van der Waals surface area contributed by atoms with E-state index in [2.05, 4.69) is 16.3 Å². The second-order valence-electron chi connectivity index (χ2n) is 5.55. The van der Waals surface area contributed by atoms with E-state index in [1.54, 1.807) is 0 Å². The van der Waals surface area contributed by atoms with Crippen LogP contribution in [0, 0.1) is 6.92 Å². The minimum Gasteiger partial charge on any atom is -0.370 e. The lowest BCUT2D eigenvalue weighted by atomic mass is 10.1. The van der Waals surface area contributed by atoms with Crippen LogP contribution in [0.5, 0.6) is 0 Å². The number of hydrogen-bond acceptors (Lipinski definition) is 4. The summed E-state index contributed by atoms with van der Waals surface area (Å²) in [6, 6.07) is 15.6. The molecule has 0 atom stereocenters. The van der Waals surface area contributed by atoms with Gasteiger partial charge in [0.2, 0.25) is 5.91 Å². The van der Waals surface area contributed by atoms with Gasteiger partial charge in [-0.05, 0) is 37.3 Å². The molecule has 0 fully saturated rings. The number of nitrogens with zero attached hydrogens (tertiary/aromatic N) is 3. The predicted octanol–water partition coefficient (Wildman–Crippen LogP) is 3.86. The lowest BCUT2D eigenvalue weighted by Crippen LogP contribution is -2.11. The molecule has 25 heavy (non-hydrogen) atoms. The fraction of sp³-hybridized carbons (Fsp3) is 0.167. The molecule has 2 aromatic carbocycles. The maximum Gasteiger partial charge on any atom is 0.218 e. The van der Waals surface area contributed by atoms with Crippen LogP contribution in [0.15, 0.2) is 53.7 Å². The van der Waals surface area contributed by atoms with Crippen molar-refractivity contribution in [3.8, 4) is 17.1 Å². The van der Waals surface area contributed by atoms with E-state index >= 15 is 0 Å². The molecule has 0 radical (unpaired) electrons. The van der Waals surface area contributed by atoms with E-state index in [0.717, 1.165) is 22.6 Å². The molecule has 1 heterocycles. The van der Waals surface area contributed by atoms with Crippen molar-refractivity contribution in [2.75, 3.05) is 5.75 Å². The Morgan fingerprint density at radius 1 is 1.20 bits per heavy atom. The zero-order chi connectivity index (χ0) is 17.8.